The lowest BCUT2D eigenvalue weighted by Gasteiger charge is -2.15. The zero-order chi connectivity index (χ0) is 18.7. The lowest BCUT2D eigenvalue weighted by molar-refractivity contribution is -0.118. The van der Waals surface area contributed by atoms with Crippen molar-refractivity contribution in [3.8, 4) is 0 Å². The Labute approximate surface area is 161 Å². The number of benzene rings is 2. The Bertz CT molecular complexity index is 890. The van der Waals surface area contributed by atoms with Gasteiger partial charge in [0.1, 0.15) is 0 Å². The fourth-order valence-electron chi connectivity index (χ4n) is 2.36. The van der Waals surface area contributed by atoms with Crippen molar-refractivity contribution in [2.24, 2.45) is 0 Å². The molecular weight excluding hydrogens is 366 g/mol. The number of amides is 2. The van der Waals surface area contributed by atoms with Gasteiger partial charge in [0.2, 0.25) is 5.91 Å². The molecule has 0 spiro atoms. The minimum absolute atomic E-state index is 0.136. The fraction of sp³-hybridized carbons (Fsp3) is 0.105. The molecule has 5 nitrogen and oxygen atoms in total. The van der Waals surface area contributed by atoms with Gasteiger partial charge in [-0.05, 0) is 42.8 Å². The maximum absolute atomic E-state index is 12.8. The van der Waals surface area contributed by atoms with Gasteiger partial charge in [0, 0.05) is 6.92 Å². The first-order valence-corrected chi connectivity index (χ1v) is 9.14. The molecule has 2 aromatic rings. The summed E-state index contributed by atoms with van der Waals surface area (Å²) in [6, 6.07) is 15.1. The van der Waals surface area contributed by atoms with Crippen LogP contribution in [0.25, 0.3) is 6.08 Å². The van der Waals surface area contributed by atoms with Crippen molar-refractivity contribution in [1.29, 1.82) is 0 Å². The molecule has 2 amide bonds. The highest BCUT2D eigenvalue weighted by Crippen LogP contribution is 2.36. The molecule has 7 heteroatoms. The number of anilines is 2. The van der Waals surface area contributed by atoms with Crippen LogP contribution in [0.3, 0.4) is 0 Å². The topological polar surface area (TPSA) is 61.4 Å². The van der Waals surface area contributed by atoms with Gasteiger partial charge in [-0.2, -0.15) is 0 Å². The van der Waals surface area contributed by atoms with E-state index < -0.39 is 0 Å². The highest BCUT2D eigenvalue weighted by atomic mass is 32.2. The number of carbonyl (C=O) groups is 2. The van der Waals surface area contributed by atoms with E-state index in [1.165, 1.54) is 29.1 Å². The summed E-state index contributed by atoms with van der Waals surface area (Å²) in [7, 11) is 0. The molecule has 0 atom stereocenters. The normalized spacial score (nSPS) is 15.5. The number of hydrazine groups is 1. The largest absolute Gasteiger partial charge is 0.299 e. The third-order valence-corrected chi connectivity index (χ3v) is 4.98. The summed E-state index contributed by atoms with van der Waals surface area (Å²) >= 11 is 6.68. The molecule has 1 aliphatic rings. The summed E-state index contributed by atoms with van der Waals surface area (Å²) in [5, 5.41) is 0. The number of nitrogens with zero attached hydrogens (tertiary/aromatic N) is 1. The summed E-state index contributed by atoms with van der Waals surface area (Å²) in [4.78, 5) is 25.8. The minimum Gasteiger partial charge on any atom is -0.299 e. The van der Waals surface area contributed by atoms with E-state index in [-0.39, 0.29) is 11.8 Å². The second kappa shape index (κ2) is 7.72. The van der Waals surface area contributed by atoms with E-state index in [2.05, 4.69) is 10.9 Å². The second-order valence-corrected chi connectivity index (χ2v) is 7.46. The minimum atomic E-state index is -0.188. The molecule has 132 valence electrons. The molecule has 0 radical (unpaired) electrons. The first-order valence-electron chi connectivity index (χ1n) is 7.91. The monoisotopic (exact) mass is 383 g/mol. The third kappa shape index (κ3) is 4.12. The average molecular weight is 383 g/mol. The number of hydrogen-bond donors (Lipinski definition) is 2. The van der Waals surface area contributed by atoms with Crippen LogP contribution in [-0.2, 0) is 9.59 Å². The van der Waals surface area contributed by atoms with Crippen molar-refractivity contribution in [1.82, 2.24) is 5.43 Å². The Balaban J connectivity index is 1.78. The maximum Gasteiger partial charge on any atom is 0.270 e. The molecule has 0 saturated carbocycles. The van der Waals surface area contributed by atoms with Crippen LogP contribution in [0.4, 0.5) is 11.4 Å². The number of carbonyl (C=O) groups excluding carboxylic acids is 2. The fourth-order valence-corrected chi connectivity index (χ4v) is 3.66. The average Bonchev–Trinajstić information content (AvgIpc) is 2.89. The first kappa shape index (κ1) is 18.2. The molecule has 1 fully saturated rings. The zero-order valence-electron chi connectivity index (χ0n) is 14.3. The van der Waals surface area contributed by atoms with E-state index in [1.807, 2.05) is 37.3 Å². The highest BCUT2D eigenvalue weighted by Gasteiger charge is 2.33. The van der Waals surface area contributed by atoms with Crippen molar-refractivity contribution in [3.63, 3.8) is 0 Å². The molecule has 26 heavy (non-hydrogen) atoms. The Kier molecular flexibility index (Phi) is 5.39. The number of aryl methyl sites for hydroxylation is 1. The van der Waals surface area contributed by atoms with E-state index in [1.54, 1.807) is 24.3 Å². The molecule has 2 N–H and O–H groups in total. The van der Waals surface area contributed by atoms with Gasteiger partial charge >= 0.3 is 0 Å². The van der Waals surface area contributed by atoms with Crippen LogP contribution < -0.4 is 15.8 Å². The van der Waals surface area contributed by atoms with Gasteiger partial charge in [-0.3, -0.25) is 25.3 Å². The number of nitrogens with one attached hydrogen (secondary N) is 2. The van der Waals surface area contributed by atoms with Crippen molar-refractivity contribution in [2.75, 3.05) is 10.3 Å². The van der Waals surface area contributed by atoms with Gasteiger partial charge in [0.25, 0.3) is 5.91 Å². The summed E-state index contributed by atoms with van der Waals surface area (Å²) in [5.74, 6) is -0.324. The number of thiocarbonyl (C=S) groups is 1. The van der Waals surface area contributed by atoms with Crippen LogP contribution in [0.5, 0.6) is 0 Å². The van der Waals surface area contributed by atoms with E-state index in [0.29, 0.717) is 20.6 Å². The Morgan fingerprint density at radius 2 is 1.77 bits per heavy atom. The van der Waals surface area contributed by atoms with Gasteiger partial charge in [0.15, 0.2) is 4.32 Å². The van der Waals surface area contributed by atoms with Gasteiger partial charge < -0.3 is 0 Å². The van der Waals surface area contributed by atoms with Gasteiger partial charge in [-0.1, -0.05) is 53.8 Å². The lowest BCUT2D eigenvalue weighted by Crippen LogP contribution is -2.28. The number of thioether (sulfide) groups is 1. The first-order chi connectivity index (χ1) is 12.4. The van der Waals surface area contributed by atoms with Crippen LogP contribution in [0, 0.1) is 6.92 Å². The SMILES string of the molecule is CC(=O)NNc1ccc(N2C(=O)C(=Cc3ccc(C)cc3)SC2=S)cc1. The standard InChI is InChI=1S/C19H17N3O2S2/c1-12-3-5-14(6-4-12)11-17-18(24)22(19(25)26-17)16-9-7-15(8-10-16)21-20-13(2)23/h3-11,21H,1-2H3,(H,20,23). The molecule has 1 aliphatic heterocycles. The summed E-state index contributed by atoms with van der Waals surface area (Å²) in [6.45, 7) is 3.44. The van der Waals surface area contributed by atoms with E-state index in [9.17, 15) is 9.59 Å². The number of rotatable bonds is 4. The molecule has 1 heterocycles. The lowest BCUT2D eigenvalue weighted by atomic mass is 10.1. The van der Waals surface area contributed by atoms with E-state index in [0.717, 1.165) is 5.56 Å². The van der Waals surface area contributed by atoms with Crippen molar-refractivity contribution in [3.05, 3.63) is 64.6 Å². The summed E-state index contributed by atoms with van der Waals surface area (Å²) < 4.78 is 0.496. The Morgan fingerprint density at radius 1 is 1.12 bits per heavy atom. The molecule has 2 aromatic carbocycles. The van der Waals surface area contributed by atoms with Crippen molar-refractivity contribution in [2.45, 2.75) is 13.8 Å². The molecule has 0 unspecified atom stereocenters. The molecular formula is C19H17N3O2S2. The molecule has 1 saturated heterocycles. The third-order valence-electron chi connectivity index (χ3n) is 3.68. The highest BCUT2D eigenvalue weighted by molar-refractivity contribution is 8.27. The Morgan fingerprint density at radius 3 is 2.38 bits per heavy atom. The molecule has 3 rings (SSSR count). The van der Waals surface area contributed by atoms with Gasteiger partial charge in [0.05, 0.1) is 16.3 Å². The smallest absolute Gasteiger partial charge is 0.270 e. The quantitative estimate of drug-likeness (QED) is 0.477. The Hall–Kier alpha value is -2.64. The summed E-state index contributed by atoms with van der Waals surface area (Å²) in [6.07, 6.45) is 1.85. The van der Waals surface area contributed by atoms with Crippen LogP contribution >= 0.6 is 24.0 Å². The zero-order valence-corrected chi connectivity index (χ0v) is 15.9. The van der Waals surface area contributed by atoms with Crippen LogP contribution in [0.2, 0.25) is 0 Å². The van der Waals surface area contributed by atoms with Crippen LogP contribution in [-0.4, -0.2) is 16.1 Å². The number of hydrogen-bond acceptors (Lipinski definition) is 5. The predicted molar refractivity (Wildman–Crippen MR) is 111 cm³/mol. The van der Waals surface area contributed by atoms with E-state index >= 15 is 0 Å². The van der Waals surface area contributed by atoms with Crippen LogP contribution in [0.15, 0.2) is 53.4 Å². The van der Waals surface area contributed by atoms with Gasteiger partial charge in [-0.25, -0.2) is 0 Å². The van der Waals surface area contributed by atoms with E-state index in [4.69, 9.17) is 12.2 Å². The van der Waals surface area contributed by atoms with Crippen molar-refractivity contribution < 1.29 is 9.59 Å². The molecule has 0 aromatic heterocycles. The van der Waals surface area contributed by atoms with Gasteiger partial charge in [-0.15, -0.1) is 0 Å². The maximum atomic E-state index is 12.8. The second-order valence-electron chi connectivity index (χ2n) is 5.78. The molecule has 0 aliphatic carbocycles. The molecule has 0 bridgehead atoms. The van der Waals surface area contributed by atoms with Crippen LogP contribution in [0.1, 0.15) is 18.1 Å². The van der Waals surface area contributed by atoms with Crippen molar-refractivity contribution >= 4 is 57.6 Å². The summed E-state index contributed by atoms with van der Waals surface area (Å²) in [5.41, 5.74) is 8.81. The predicted octanol–water partition coefficient (Wildman–Crippen LogP) is 3.86.